The normalized spacial score (nSPS) is 41.5. The molecule has 2 aliphatic carbocycles. The topological polar surface area (TPSA) is 21.3 Å². The fourth-order valence-electron chi connectivity index (χ4n) is 3.62. The zero-order valence-corrected chi connectivity index (χ0v) is 13.7. The Kier molecular flexibility index (Phi) is 4.62. The van der Waals surface area contributed by atoms with E-state index in [1.807, 2.05) is 0 Å². The van der Waals surface area contributed by atoms with Crippen LogP contribution in [0.2, 0.25) is 0 Å². The summed E-state index contributed by atoms with van der Waals surface area (Å²) in [5.74, 6) is 2.35. The van der Waals surface area contributed by atoms with Gasteiger partial charge in [0.15, 0.2) is 0 Å². The zero-order chi connectivity index (χ0) is 14.2. The van der Waals surface area contributed by atoms with Gasteiger partial charge in [-0.25, -0.2) is 0 Å². The molecular formula is C17H33NO. The second-order valence-corrected chi connectivity index (χ2v) is 8.01. The molecule has 0 amide bonds. The standard InChI is InChI=1S/C17H33NO/c1-11(2)10-19-16-9-15(17(16,5)6)18-14-8-7-12(3)13(14)4/h11-16,18H,7-10H2,1-6H3. The maximum Gasteiger partial charge on any atom is 0.0656 e. The minimum absolute atomic E-state index is 0.292. The average Bonchev–Trinajstić information content (AvgIpc) is 2.64. The van der Waals surface area contributed by atoms with Crippen LogP contribution in [0.5, 0.6) is 0 Å². The fourth-order valence-corrected chi connectivity index (χ4v) is 3.62. The van der Waals surface area contributed by atoms with Crippen molar-refractivity contribution < 1.29 is 4.74 Å². The van der Waals surface area contributed by atoms with E-state index in [9.17, 15) is 0 Å². The minimum atomic E-state index is 0.292. The van der Waals surface area contributed by atoms with E-state index in [0.717, 1.165) is 24.5 Å². The van der Waals surface area contributed by atoms with Crippen molar-refractivity contribution in [2.75, 3.05) is 6.61 Å². The fraction of sp³-hybridized carbons (Fsp3) is 1.00. The summed E-state index contributed by atoms with van der Waals surface area (Å²) in [7, 11) is 0. The van der Waals surface area contributed by atoms with Gasteiger partial charge in [-0.15, -0.1) is 0 Å². The lowest BCUT2D eigenvalue weighted by atomic mass is 9.64. The lowest BCUT2D eigenvalue weighted by Gasteiger charge is -2.53. The van der Waals surface area contributed by atoms with Crippen molar-refractivity contribution in [3.63, 3.8) is 0 Å². The van der Waals surface area contributed by atoms with Crippen molar-refractivity contribution in [3.05, 3.63) is 0 Å². The van der Waals surface area contributed by atoms with E-state index in [1.165, 1.54) is 19.3 Å². The van der Waals surface area contributed by atoms with Gasteiger partial charge in [-0.05, 0) is 37.0 Å². The Labute approximate surface area is 119 Å². The molecule has 2 aliphatic rings. The highest BCUT2D eigenvalue weighted by Gasteiger charge is 2.50. The van der Waals surface area contributed by atoms with Crippen LogP contribution in [0.3, 0.4) is 0 Å². The minimum Gasteiger partial charge on any atom is -0.377 e. The Bertz CT molecular complexity index is 300. The molecule has 0 heterocycles. The van der Waals surface area contributed by atoms with Gasteiger partial charge in [0.2, 0.25) is 0 Å². The van der Waals surface area contributed by atoms with Crippen LogP contribution in [0.25, 0.3) is 0 Å². The van der Waals surface area contributed by atoms with Gasteiger partial charge in [-0.3, -0.25) is 0 Å². The molecular weight excluding hydrogens is 234 g/mol. The molecule has 0 bridgehead atoms. The van der Waals surface area contributed by atoms with Crippen molar-refractivity contribution >= 4 is 0 Å². The first-order chi connectivity index (χ1) is 8.82. The van der Waals surface area contributed by atoms with Crippen molar-refractivity contribution in [1.29, 1.82) is 0 Å². The lowest BCUT2D eigenvalue weighted by molar-refractivity contribution is -0.126. The Morgan fingerprint density at radius 3 is 2.37 bits per heavy atom. The third-order valence-corrected chi connectivity index (χ3v) is 5.69. The molecule has 0 radical (unpaired) electrons. The van der Waals surface area contributed by atoms with Gasteiger partial charge in [-0.1, -0.05) is 41.5 Å². The Balaban J connectivity index is 1.81. The van der Waals surface area contributed by atoms with Gasteiger partial charge in [0.1, 0.15) is 0 Å². The lowest BCUT2D eigenvalue weighted by Crippen LogP contribution is -2.63. The van der Waals surface area contributed by atoms with E-state index in [2.05, 4.69) is 46.9 Å². The third-order valence-electron chi connectivity index (χ3n) is 5.69. The molecule has 2 heteroatoms. The Morgan fingerprint density at radius 2 is 1.89 bits per heavy atom. The second kappa shape index (κ2) is 5.73. The molecule has 2 rings (SSSR count). The first-order valence-corrected chi connectivity index (χ1v) is 8.20. The maximum absolute atomic E-state index is 6.06. The van der Waals surface area contributed by atoms with Crippen LogP contribution >= 0.6 is 0 Å². The van der Waals surface area contributed by atoms with E-state index in [0.29, 0.717) is 23.5 Å². The van der Waals surface area contributed by atoms with Gasteiger partial charge in [0, 0.05) is 24.1 Å². The van der Waals surface area contributed by atoms with Gasteiger partial charge in [0.05, 0.1) is 6.10 Å². The van der Waals surface area contributed by atoms with Crippen LogP contribution in [0.1, 0.15) is 60.8 Å². The summed E-state index contributed by atoms with van der Waals surface area (Å²) in [6.45, 7) is 14.9. The van der Waals surface area contributed by atoms with E-state index in [4.69, 9.17) is 4.74 Å². The third kappa shape index (κ3) is 3.16. The number of rotatable bonds is 5. The number of ether oxygens (including phenoxy) is 1. The molecule has 0 saturated heterocycles. The highest BCUT2D eigenvalue weighted by atomic mass is 16.5. The first kappa shape index (κ1) is 15.3. The molecule has 112 valence electrons. The van der Waals surface area contributed by atoms with Crippen molar-refractivity contribution in [2.24, 2.45) is 23.2 Å². The summed E-state index contributed by atoms with van der Waals surface area (Å²) in [6.07, 6.45) is 4.38. The Hall–Kier alpha value is -0.0800. The van der Waals surface area contributed by atoms with Crippen LogP contribution in [0, 0.1) is 23.2 Å². The van der Waals surface area contributed by atoms with Crippen molar-refractivity contribution in [1.82, 2.24) is 5.32 Å². The summed E-state index contributed by atoms with van der Waals surface area (Å²) in [5.41, 5.74) is 0.292. The monoisotopic (exact) mass is 267 g/mol. The summed E-state index contributed by atoms with van der Waals surface area (Å²) in [6, 6.07) is 1.37. The number of hydrogen-bond acceptors (Lipinski definition) is 2. The van der Waals surface area contributed by atoms with Crippen LogP contribution < -0.4 is 5.32 Å². The van der Waals surface area contributed by atoms with Gasteiger partial charge in [0.25, 0.3) is 0 Å². The number of nitrogens with one attached hydrogen (secondary N) is 1. The highest BCUT2D eigenvalue weighted by molar-refractivity contribution is 5.04. The molecule has 19 heavy (non-hydrogen) atoms. The van der Waals surface area contributed by atoms with Gasteiger partial charge < -0.3 is 10.1 Å². The molecule has 1 N–H and O–H groups in total. The summed E-state index contributed by atoms with van der Waals surface area (Å²) in [4.78, 5) is 0. The van der Waals surface area contributed by atoms with Crippen LogP contribution in [-0.4, -0.2) is 24.8 Å². The molecule has 0 aliphatic heterocycles. The molecule has 2 saturated carbocycles. The van der Waals surface area contributed by atoms with Crippen molar-refractivity contribution in [3.8, 4) is 0 Å². The zero-order valence-electron chi connectivity index (χ0n) is 13.7. The summed E-state index contributed by atoms with van der Waals surface area (Å²) >= 11 is 0. The predicted octanol–water partition coefficient (Wildman–Crippen LogP) is 3.85. The molecule has 0 aromatic heterocycles. The first-order valence-electron chi connectivity index (χ1n) is 8.20. The maximum atomic E-state index is 6.06. The van der Waals surface area contributed by atoms with Crippen molar-refractivity contribution in [2.45, 2.75) is 79.0 Å². The quantitative estimate of drug-likeness (QED) is 0.817. The molecule has 5 atom stereocenters. The van der Waals surface area contributed by atoms with Crippen LogP contribution in [-0.2, 0) is 4.74 Å². The molecule has 2 fully saturated rings. The largest absolute Gasteiger partial charge is 0.377 e. The van der Waals surface area contributed by atoms with Crippen LogP contribution in [0.4, 0.5) is 0 Å². The van der Waals surface area contributed by atoms with E-state index >= 15 is 0 Å². The average molecular weight is 267 g/mol. The van der Waals surface area contributed by atoms with E-state index < -0.39 is 0 Å². The van der Waals surface area contributed by atoms with Gasteiger partial charge in [-0.2, -0.15) is 0 Å². The molecule has 0 aromatic rings. The molecule has 0 spiro atoms. The smallest absolute Gasteiger partial charge is 0.0656 e. The Morgan fingerprint density at radius 1 is 1.21 bits per heavy atom. The summed E-state index contributed by atoms with van der Waals surface area (Å²) < 4.78 is 6.06. The second-order valence-electron chi connectivity index (χ2n) is 8.01. The van der Waals surface area contributed by atoms with E-state index in [-0.39, 0.29) is 0 Å². The number of hydrogen-bond donors (Lipinski definition) is 1. The van der Waals surface area contributed by atoms with Crippen LogP contribution in [0.15, 0.2) is 0 Å². The molecule has 2 nitrogen and oxygen atoms in total. The highest BCUT2D eigenvalue weighted by Crippen LogP contribution is 2.44. The predicted molar refractivity (Wildman–Crippen MR) is 81.2 cm³/mol. The molecule has 5 unspecified atom stereocenters. The SMILES string of the molecule is CC(C)COC1CC(NC2CCC(C)C2C)C1(C)C. The van der Waals surface area contributed by atoms with E-state index in [1.54, 1.807) is 0 Å². The molecule has 0 aromatic carbocycles. The van der Waals surface area contributed by atoms with Gasteiger partial charge >= 0.3 is 0 Å². The summed E-state index contributed by atoms with van der Waals surface area (Å²) in [5, 5.41) is 3.92.